The van der Waals surface area contributed by atoms with Crippen molar-refractivity contribution in [2.45, 2.75) is 53.0 Å². The van der Waals surface area contributed by atoms with E-state index in [-0.39, 0.29) is 11.0 Å². The highest BCUT2D eigenvalue weighted by Crippen LogP contribution is 2.39. The molecular weight excluding hydrogens is 198 g/mol. The van der Waals surface area contributed by atoms with Crippen molar-refractivity contribution in [3.05, 3.63) is 11.6 Å². The lowest BCUT2D eigenvalue weighted by atomic mass is 9.70. The molecule has 94 valence electrons. The topological polar surface area (TPSA) is 21.3 Å². The van der Waals surface area contributed by atoms with Crippen molar-refractivity contribution in [2.24, 2.45) is 5.41 Å². The summed E-state index contributed by atoms with van der Waals surface area (Å²) >= 11 is 0. The highest BCUT2D eigenvalue weighted by Gasteiger charge is 2.39. The Labute approximate surface area is 100 Å². The van der Waals surface area contributed by atoms with Crippen LogP contribution >= 0.6 is 0 Å². The molecule has 1 rings (SSSR count). The van der Waals surface area contributed by atoms with Gasteiger partial charge in [-0.1, -0.05) is 33.8 Å². The van der Waals surface area contributed by atoms with Gasteiger partial charge in [0.1, 0.15) is 0 Å². The van der Waals surface area contributed by atoms with E-state index >= 15 is 0 Å². The van der Waals surface area contributed by atoms with Gasteiger partial charge in [0.2, 0.25) is 0 Å². The Hall–Kier alpha value is -0.340. The third-order valence-electron chi connectivity index (χ3n) is 3.47. The van der Waals surface area contributed by atoms with Crippen LogP contribution in [0.5, 0.6) is 0 Å². The molecule has 0 atom stereocenters. The minimum Gasteiger partial charge on any atom is -0.381 e. The van der Waals surface area contributed by atoms with E-state index in [1.165, 1.54) is 5.57 Å². The molecule has 0 unspecified atom stereocenters. The van der Waals surface area contributed by atoms with Crippen molar-refractivity contribution in [1.82, 2.24) is 5.32 Å². The molecule has 0 spiro atoms. The highest BCUT2D eigenvalue weighted by molar-refractivity contribution is 5.26. The summed E-state index contributed by atoms with van der Waals surface area (Å²) in [7, 11) is 0. The molecule has 1 saturated heterocycles. The molecular formula is C14H27NO. The molecule has 0 amide bonds. The smallest absolute Gasteiger partial charge is 0.0486 e. The zero-order chi connectivity index (χ0) is 12.2. The quantitative estimate of drug-likeness (QED) is 0.745. The first-order chi connectivity index (χ1) is 7.46. The van der Waals surface area contributed by atoms with Crippen molar-refractivity contribution in [2.75, 3.05) is 19.8 Å². The number of nitrogens with one attached hydrogen (secondary N) is 1. The third kappa shape index (κ3) is 2.86. The van der Waals surface area contributed by atoms with Crippen molar-refractivity contribution >= 4 is 0 Å². The lowest BCUT2D eigenvalue weighted by Crippen LogP contribution is -2.53. The van der Waals surface area contributed by atoms with Crippen LogP contribution in [0, 0.1) is 5.41 Å². The van der Waals surface area contributed by atoms with Crippen LogP contribution in [0.4, 0.5) is 0 Å². The van der Waals surface area contributed by atoms with Gasteiger partial charge in [-0.2, -0.15) is 0 Å². The summed E-state index contributed by atoms with van der Waals surface area (Å²) < 4.78 is 5.51. The summed E-state index contributed by atoms with van der Waals surface area (Å²) in [4.78, 5) is 0. The van der Waals surface area contributed by atoms with Crippen LogP contribution in [0.1, 0.15) is 47.5 Å². The highest BCUT2D eigenvalue weighted by atomic mass is 16.5. The summed E-state index contributed by atoms with van der Waals surface area (Å²) in [6, 6.07) is 0. The molecule has 0 aliphatic carbocycles. The molecule has 16 heavy (non-hydrogen) atoms. The van der Waals surface area contributed by atoms with Crippen molar-refractivity contribution in [3.8, 4) is 0 Å². The van der Waals surface area contributed by atoms with Gasteiger partial charge in [0.25, 0.3) is 0 Å². The van der Waals surface area contributed by atoms with Crippen molar-refractivity contribution < 1.29 is 4.74 Å². The second-order valence-corrected chi connectivity index (χ2v) is 5.68. The minimum absolute atomic E-state index is 0.167. The average molecular weight is 225 g/mol. The lowest BCUT2D eigenvalue weighted by Gasteiger charge is -2.45. The molecule has 0 aromatic carbocycles. The normalized spacial score (nSPS) is 22.2. The van der Waals surface area contributed by atoms with E-state index in [9.17, 15) is 0 Å². The lowest BCUT2D eigenvalue weighted by molar-refractivity contribution is 0.0459. The van der Waals surface area contributed by atoms with Gasteiger partial charge in [0.15, 0.2) is 0 Å². The van der Waals surface area contributed by atoms with E-state index in [0.29, 0.717) is 0 Å². The average Bonchev–Trinajstić information content (AvgIpc) is 2.18. The molecule has 2 nitrogen and oxygen atoms in total. The SMILES string of the molecule is C/C=C(/C(C)(C)C)C1(NCC)CCOCC1. The Morgan fingerprint density at radius 3 is 2.25 bits per heavy atom. The Kier molecular flexibility index (Phi) is 4.57. The molecule has 1 fully saturated rings. The first-order valence-electron chi connectivity index (χ1n) is 6.46. The van der Waals surface area contributed by atoms with Crippen LogP contribution in [-0.2, 0) is 4.74 Å². The summed E-state index contributed by atoms with van der Waals surface area (Å²) in [6.45, 7) is 14.0. The van der Waals surface area contributed by atoms with E-state index in [1.807, 2.05) is 0 Å². The summed E-state index contributed by atoms with van der Waals surface area (Å²) in [5.41, 5.74) is 1.93. The molecule has 1 N–H and O–H groups in total. The van der Waals surface area contributed by atoms with Gasteiger partial charge < -0.3 is 10.1 Å². The van der Waals surface area contributed by atoms with Crippen LogP contribution in [0.2, 0.25) is 0 Å². The molecule has 0 aromatic heterocycles. The summed E-state index contributed by atoms with van der Waals surface area (Å²) in [6.07, 6.45) is 4.49. The Morgan fingerprint density at radius 2 is 1.88 bits per heavy atom. The van der Waals surface area contributed by atoms with Gasteiger partial charge in [-0.25, -0.2) is 0 Å². The van der Waals surface area contributed by atoms with Crippen molar-refractivity contribution in [1.29, 1.82) is 0 Å². The van der Waals surface area contributed by atoms with Gasteiger partial charge in [-0.3, -0.25) is 0 Å². The fourth-order valence-corrected chi connectivity index (χ4v) is 3.03. The summed E-state index contributed by atoms with van der Waals surface area (Å²) in [5, 5.41) is 3.71. The van der Waals surface area contributed by atoms with Gasteiger partial charge in [-0.05, 0) is 37.3 Å². The second kappa shape index (κ2) is 5.33. The molecule has 0 bridgehead atoms. The van der Waals surface area contributed by atoms with Gasteiger partial charge in [-0.15, -0.1) is 0 Å². The van der Waals surface area contributed by atoms with Crippen LogP contribution in [0.15, 0.2) is 11.6 Å². The largest absolute Gasteiger partial charge is 0.381 e. The number of likely N-dealkylation sites (N-methyl/N-ethyl adjacent to an activating group) is 1. The van der Waals surface area contributed by atoms with Crippen LogP contribution in [-0.4, -0.2) is 25.3 Å². The molecule has 0 aromatic rings. The van der Waals surface area contributed by atoms with E-state index in [0.717, 1.165) is 32.6 Å². The predicted molar refractivity (Wildman–Crippen MR) is 69.7 cm³/mol. The van der Waals surface area contributed by atoms with Gasteiger partial charge >= 0.3 is 0 Å². The molecule has 2 heteroatoms. The Morgan fingerprint density at radius 1 is 1.31 bits per heavy atom. The monoisotopic (exact) mass is 225 g/mol. The number of allylic oxidation sites excluding steroid dienone is 1. The number of rotatable bonds is 3. The third-order valence-corrected chi connectivity index (χ3v) is 3.47. The first kappa shape index (κ1) is 13.7. The second-order valence-electron chi connectivity index (χ2n) is 5.68. The Balaban J connectivity index is 2.99. The first-order valence-corrected chi connectivity index (χ1v) is 6.46. The summed E-state index contributed by atoms with van der Waals surface area (Å²) in [5.74, 6) is 0. The minimum atomic E-state index is 0.167. The molecule has 0 radical (unpaired) electrons. The van der Waals surface area contributed by atoms with Crippen LogP contribution < -0.4 is 5.32 Å². The molecule has 0 saturated carbocycles. The van der Waals surface area contributed by atoms with E-state index in [1.54, 1.807) is 0 Å². The number of ether oxygens (including phenoxy) is 1. The standard InChI is InChI=1S/C14H27NO/c1-6-12(13(3,4)5)14(15-7-2)8-10-16-11-9-14/h6,15H,7-11H2,1-5H3/b12-6-. The molecule has 1 aliphatic rings. The van der Waals surface area contributed by atoms with Gasteiger partial charge in [0, 0.05) is 18.8 Å². The molecule has 1 aliphatic heterocycles. The fraction of sp³-hybridized carbons (Fsp3) is 0.857. The fourth-order valence-electron chi connectivity index (χ4n) is 3.03. The molecule has 1 heterocycles. The van der Waals surface area contributed by atoms with E-state index < -0.39 is 0 Å². The van der Waals surface area contributed by atoms with Gasteiger partial charge in [0.05, 0.1) is 0 Å². The maximum absolute atomic E-state index is 5.51. The zero-order valence-corrected chi connectivity index (χ0v) is 11.5. The van der Waals surface area contributed by atoms with E-state index in [4.69, 9.17) is 4.74 Å². The predicted octanol–water partition coefficient (Wildman–Crippen LogP) is 3.14. The maximum Gasteiger partial charge on any atom is 0.0486 e. The number of hydrogen-bond acceptors (Lipinski definition) is 2. The zero-order valence-electron chi connectivity index (χ0n) is 11.5. The van der Waals surface area contributed by atoms with Crippen LogP contribution in [0.25, 0.3) is 0 Å². The Bertz CT molecular complexity index is 238. The van der Waals surface area contributed by atoms with Crippen molar-refractivity contribution in [3.63, 3.8) is 0 Å². The van der Waals surface area contributed by atoms with E-state index in [2.05, 4.69) is 46.0 Å². The number of hydrogen-bond donors (Lipinski definition) is 1. The van der Waals surface area contributed by atoms with Crippen LogP contribution in [0.3, 0.4) is 0 Å². The maximum atomic E-state index is 5.51.